The number of nitrogens with one attached hydrogen (secondary N) is 1. The average Bonchev–Trinajstić information content (AvgIpc) is 3.06. The Balaban J connectivity index is 1.84. The van der Waals surface area contributed by atoms with Crippen molar-refractivity contribution in [3.8, 4) is 0 Å². The molecule has 0 saturated carbocycles. The van der Waals surface area contributed by atoms with Gasteiger partial charge in [0.15, 0.2) is 5.82 Å². The number of anilines is 1. The smallest absolute Gasteiger partial charge is 0.399 e. The molecule has 2 aromatic rings. The van der Waals surface area contributed by atoms with Gasteiger partial charge < -0.3 is 14.2 Å². The van der Waals surface area contributed by atoms with Crippen LogP contribution in [0.2, 0.25) is 0 Å². The molecule has 0 atom stereocenters. The van der Waals surface area contributed by atoms with Crippen LogP contribution in [0, 0.1) is 0 Å². The van der Waals surface area contributed by atoms with E-state index in [9.17, 15) is 9.59 Å². The van der Waals surface area contributed by atoms with E-state index in [4.69, 9.17) is 9.31 Å². The molecule has 2 amide bonds. The Bertz CT molecular complexity index is 893. The fourth-order valence-corrected chi connectivity index (χ4v) is 3.18. The Hall–Kier alpha value is -2.39. The zero-order valence-corrected chi connectivity index (χ0v) is 17.3. The van der Waals surface area contributed by atoms with Crippen LogP contribution in [0.1, 0.15) is 34.1 Å². The first-order valence-electron chi connectivity index (χ1n) is 9.32. The first-order valence-corrected chi connectivity index (χ1v) is 9.32. The lowest BCUT2D eigenvalue weighted by Crippen LogP contribution is -2.41. The monoisotopic (exact) mass is 386 g/mol. The van der Waals surface area contributed by atoms with Crippen molar-refractivity contribution >= 4 is 41.6 Å². The summed E-state index contributed by atoms with van der Waals surface area (Å²) in [6, 6.07) is 6.02. The fourth-order valence-electron chi connectivity index (χ4n) is 3.18. The van der Waals surface area contributed by atoms with E-state index in [0.717, 1.165) is 22.2 Å². The molecule has 0 spiro atoms. The van der Waals surface area contributed by atoms with Crippen molar-refractivity contribution in [1.29, 1.82) is 0 Å². The van der Waals surface area contributed by atoms with Gasteiger partial charge in [0, 0.05) is 32.4 Å². The van der Waals surface area contributed by atoms with Crippen molar-refractivity contribution in [3.05, 3.63) is 18.2 Å². The van der Waals surface area contributed by atoms with Crippen molar-refractivity contribution in [2.24, 2.45) is 7.05 Å². The highest BCUT2D eigenvalue weighted by Gasteiger charge is 2.51. The summed E-state index contributed by atoms with van der Waals surface area (Å²) in [4.78, 5) is 23.8. The second kappa shape index (κ2) is 7.22. The third kappa shape index (κ3) is 3.64. The topological polar surface area (TPSA) is 85.7 Å². The molecule has 0 bridgehead atoms. The summed E-state index contributed by atoms with van der Waals surface area (Å²) in [7, 11) is 3.32. The Labute approximate surface area is 165 Å². The normalized spacial score (nSPS) is 17.7. The maximum absolute atomic E-state index is 11.5. The highest BCUT2D eigenvalue weighted by atomic mass is 16.7. The molecular weight excluding hydrogens is 359 g/mol. The van der Waals surface area contributed by atoms with E-state index >= 15 is 0 Å². The van der Waals surface area contributed by atoms with Gasteiger partial charge in [-0.3, -0.25) is 19.6 Å². The van der Waals surface area contributed by atoms with Crippen LogP contribution in [-0.4, -0.2) is 54.0 Å². The quantitative estimate of drug-likeness (QED) is 0.588. The van der Waals surface area contributed by atoms with Gasteiger partial charge in [-0.2, -0.15) is 5.10 Å². The van der Waals surface area contributed by atoms with Crippen LogP contribution in [-0.2, 0) is 25.9 Å². The second-order valence-electron chi connectivity index (χ2n) is 8.17. The summed E-state index contributed by atoms with van der Waals surface area (Å²) in [6.07, 6.45) is 0.606. The molecule has 28 heavy (non-hydrogen) atoms. The summed E-state index contributed by atoms with van der Waals surface area (Å²) in [5, 5.41) is 7.72. The summed E-state index contributed by atoms with van der Waals surface area (Å²) < 4.78 is 14.1. The predicted octanol–water partition coefficient (Wildman–Crippen LogP) is 0.971. The molecule has 9 heteroatoms. The van der Waals surface area contributed by atoms with Gasteiger partial charge in [-0.05, 0) is 45.3 Å². The maximum Gasteiger partial charge on any atom is 0.494 e. The number of rotatable bonds is 6. The van der Waals surface area contributed by atoms with E-state index in [1.807, 2.05) is 64.9 Å². The van der Waals surface area contributed by atoms with Gasteiger partial charge in [0.2, 0.25) is 12.3 Å². The van der Waals surface area contributed by atoms with Crippen LogP contribution in [0.3, 0.4) is 0 Å². The molecule has 1 N–H and O–H groups in total. The summed E-state index contributed by atoms with van der Waals surface area (Å²) in [6.45, 7) is 8.57. The molecule has 1 aliphatic rings. The molecule has 1 aromatic heterocycles. The molecule has 1 saturated heterocycles. The highest BCUT2D eigenvalue weighted by Crippen LogP contribution is 2.36. The average molecular weight is 386 g/mol. The maximum atomic E-state index is 11.5. The predicted molar refractivity (Wildman–Crippen MR) is 109 cm³/mol. The third-order valence-electron chi connectivity index (χ3n) is 5.64. The molecule has 8 nitrogen and oxygen atoms in total. The van der Waals surface area contributed by atoms with Crippen LogP contribution >= 0.6 is 0 Å². The van der Waals surface area contributed by atoms with Crippen LogP contribution in [0.5, 0.6) is 0 Å². The van der Waals surface area contributed by atoms with Crippen LogP contribution in [0.25, 0.3) is 10.9 Å². The van der Waals surface area contributed by atoms with E-state index < -0.39 is 18.3 Å². The molecule has 150 valence electrons. The molecule has 3 rings (SSSR count). The van der Waals surface area contributed by atoms with E-state index in [0.29, 0.717) is 13.0 Å². The number of carbonyl (C=O) groups excluding carboxylic acids is 2. The summed E-state index contributed by atoms with van der Waals surface area (Å²) in [5.74, 6) is 0.460. The van der Waals surface area contributed by atoms with Crippen LogP contribution < -0.4 is 15.7 Å². The lowest BCUT2D eigenvalue weighted by molar-refractivity contribution is -0.125. The van der Waals surface area contributed by atoms with Crippen molar-refractivity contribution in [2.75, 3.05) is 18.5 Å². The minimum atomic E-state index is -0.433. The Morgan fingerprint density at radius 2 is 1.93 bits per heavy atom. The first kappa shape index (κ1) is 20.4. The van der Waals surface area contributed by atoms with Gasteiger partial charge in [0.25, 0.3) is 0 Å². The third-order valence-corrected chi connectivity index (χ3v) is 5.64. The van der Waals surface area contributed by atoms with Crippen molar-refractivity contribution in [2.45, 2.75) is 45.3 Å². The second-order valence-corrected chi connectivity index (χ2v) is 8.17. The minimum absolute atomic E-state index is 0.208. The number of hydrogen-bond acceptors (Lipinski definition) is 6. The lowest BCUT2D eigenvalue weighted by Gasteiger charge is -2.32. The van der Waals surface area contributed by atoms with Crippen molar-refractivity contribution in [1.82, 2.24) is 15.1 Å². The van der Waals surface area contributed by atoms with Gasteiger partial charge in [-0.1, -0.05) is 6.07 Å². The number of nitrogens with zero attached hydrogens (tertiary/aromatic N) is 3. The zero-order chi connectivity index (χ0) is 20.7. The van der Waals surface area contributed by atoms with Gasteiger partial charge >= 0.3 is 7.12 Å². The number of carbonyl (C=O) groups is 2. The Morgan fingerprint density at radius 1 is 1.29 bits per heavy atom. The number of aryl methyl sites for hydroxylation is 1. The SMILES string of the molecule is CN(CCC(=O)NC=O)c1nn(C)c2cc(B3OC(C)(C)C(C)(C)O3)ccc12. The van der Waals surface area contributed by atoms with E-state index in [1.165, 1.54) is 0 Å². The van der Waals surface area contributed by atoms with Gasteiger partial charge in [0.1, 0.15) is 0 Å². The summed E-state index contributed by atoms with van der Waals surface area (Å²) in [5.41, 5.74) is 1.10. The number of amides is 2. The first-order chi connectivity index (χ1) is 13.1. The lowest BCUT2D eigenvalue weighted by atomic mass is 9.79. The number of hydrogen-bond donors (Lipinski definition) is 1. The number of benzene rings is 1. The molecule has 0 radical (unpaired) electrons. The van der Waals surface area contributed by atoms with Crippen LogP contribution in [0.4, 0.5) is 5.82 Å². The number of imide groups is 1. The van der Waals surface area contributed by atoms with E-state index in [1.54, 1.807) is 4.68 Å². The molecule has 0 aliphatic carbocycles. The highest BCUT2D eigenvalue weighted by molar-refractivity contribution is 6.62. The molecule has 1 fully saturated rings. The van der Waals surface area contributed by atoms with E-state index in [-0.39, 0.29) is 12.3 Å². The van der Waals surface area contributed by atoms with Crippen molar-refractivity contribution < 1.29 is 18.9 Å². The fraction of sp³-hybridized carbons (Fsp3) is 0.526. The van der Waals surface area contributed by atoms with Crippen LogP contribution in [0.15, 0.2) is 18.2 Å². The Kier molecular flexibility index (Phi) is 5.25. The summed E-state index contributed by atoms with van der Waals surface area (Å²) >= 11 is 0. The van der Waals surface area contributed by atoms with Crippen molar-refractivity contribution in [3.63, 3.8) is 0 Å². The molecule has 0 unspecified atom stereocenters. The number of fused-ring (bicyclic) bond motifs is 1. The largest absolute Gasteiger partial charge is 0.494 e. The Morgan fingerprint density at radius 3 is 2.54 bits per heavy atom. The van der Waals surface area contributed by atoms with Gasteiger partial charge in [0.05, 0.1) is 16.7 Å². The van der Waals surface area contributed by atoms with E-state index in [2.05, 4.69) is 10.4 Å². The standard InChI is InChI=1S/C19H27BN4O4/c1-18(2)19(3,4)28-20(27-18)13-7-8-14-15(11-13)24(6)22-17(14)23(5)10-9-16(26)21-12-25/h7-8,11-12H,9-10H2,1-6H3,(H,21,25,26). The molecule has 2 heterocycles. The zero-order valence-electron chi connectivity index (χ0n) is 17.3. The molecule has 1 aromatic carbocycles. The van der Waals surface area contributed by atoms with Gasteiger partial charge in [-0.15, -0.1) is 0 Å². The minimum Gasteiger partial charge on any atom is -0.399 e. The number of aromatic nitrogens is 2. The molecule has 1 aliphatic heterocycles. The molecular formula is C19H27BN4O4. The van der Waals surface area contributed by atoms with Gasteiger partial charge in [-0.25, -0.2) is 0 Å².